The Morgan fingerprint density at radius 1 is 0.676 bits per heavy atom. The van der Waals surface area contributed by atoms with Gasteiger partial charge in [0, 0.05) is 22.0 Å². The number of H-pyrrole nitrogens is 1. The molecule has 4 aromatic carbocycles. The normalized spacial score (nSPS) is 13.5. The number of halogens is 3. The van der Waals surface area contributed by atoms with Gasteiger partial charge in [0.05, 0.1) is 5.69 Å². The summed E-state index contributed by atoms with van der Waals surface area (Å²) in [5.41, 5.74) is 1.01. The Bertz CT molecular complexity index is 1430. The van der Waals surface area contributed by atoms with Crippen molar-refractivity contribution in [3.63, 3.8) is 0 Å². The predicted molar refractivity (Wildman–Crippen MR) is 125 cm³/mol. The Kier molecular flexibility index (Phi) is 5.38. The van der Waals surface area contributed by atoms with E-state index in [1.807, 2.05) is 54.6 Å². The zero-order chi connectivity index (χ0) is 23.8. The summed E-state index contributed by atoms with van der Waals surface area (Å²) in [6.45, 7) is 0. The first-order valence-corrected chi connectivity index (χ1v) is 10.7. The molecule has 0 radical (unpaired) electrons. The van der Waals surface area contributed by atoms with Gasteiger partial charge in [0.2, 0.25) is 0 Å². The van der Waals surface area contributed by atoms with E-state index in [9.17, 15) is 18.3 Å². The number of hydrogen-bond acceptors (Lipinski definition) is 2. The molecule has 170 valence electrons. The van der Waals surface area contributed by atoms with Crippen molar-refractivity contribution < 1.29 is 23.0 Å². The van der Waals surface area contributed by atoms with Crippen molar-refractivity contribution in [3.8, 4) is 16.9 Å². The summed E-state index contributed by atoms with van der Waals surface area (Å²) < 4.78 is 44.3. The highest BCUT2D eigenvalue weighted by atomic mass is 19.4. The second-order valence-corrected chi connectivity index (χ2v) is 7.91. The standard InChI is InChI=1S/C28H20F3NO2/c29-28(30,31)34-24-18-10-8-16-22(24)27(33,20-13-5-2-6-14-20)26-25(19-11-3-1-4-12-19)21-15-7-9-17-23(21)32-26/h1-18,32-33H. The van der Waals surface area contributed by atoms with Gasteiger partial charge in [-0.3, -0.25) is 0 Å². The van der Waals surface area contributed by atoms with E-state index in [1.54, 1.807) is 36.4 Å². The summed E-state index contributed by atoms with van der Waals surface area (Å²) in [6, 6.07) is 31.3. The van der Waals surface area contributed by atoms with Crippen LogP contribution in [0.4, 0.5) is 13.2 Å². The van der Waals surface area contributed by atoms with Crippen LogP contribution >= 0.6 is 0 Å². The molecule has 5 rings (SSSR count). The fraction of sp³-hybridized carbons (Fsp3) is 0.0714. The molecule has 2 N–H and O–H groups in total. The third-order valence-corrected chi connectivity index (χ3v) is 5.82. The summed E-state index contributed by atoms with van der Waals surface area (Å²) >= 11 is 0. The van der Waals surface area contributed by atoms with Gasteiger partial charge in [0.1, 0.15) is 5.75 Å². The maximum Gasteiger partial charge on any atom is 0.573 e. The Hall–Kier alpha value is -4.03. The first-order valence-electron chi connectivity index (χ1n) is 10.7. The van der Waals surface area contributed by atoms with Crippen LogP contribution in [0.5, 0.6) is 5.75 Å². The number of alkyl halides is 3. The van der Waals surface area contributed by atoms with Gasteiger partial charge in [0.15, 0.2) is 5.60 Å². The van der Waals surface area contributed by atoms with Gasteiger partial charge in [-0.05, 0) is 23.3 Å². The van der Waals surface area contributed by atoms with E-state index in [0.717, 1.165) is 16.5 Å². The van der Waals surface area contributed by atoms with Crippen LogP contribution in [0.15, 0.2) is 109 Å². The van der Waals surface area contributed by atoms with E-state index >= 15 is 0 Å². The minimum atomic E-state index is -4.92. The highest BCUT2D eigenvalue weighted by molar-refractivity contribution is 5.98. The van der Waals surface area contributed by atoms with Gasteiger partial charge in [0.25, 0.3) is 0 Å². The van der Waals surface area contributed by atoms with Crippen molar-refractivity contribution in [2.75, 3.05) is 0 Å². The Labute approximate surface area is 194 Å². The molecule has 0 spiro atoms. The summed E-state index contributed by atoms with van der Waals surface area (Å²) in [7, 11) is 0. The average molecular weight is 459 g/mol. The lowest BCUT2D eigenvalue weighted by atomic mass is 9.80. The molecule has 5 aromatic rings. The zero-order valence-corrected chi connectivity index (χ0v) is 17.9. The van der Waals surface area contributed by atoms with E-state index in [2.05, 4.69) is 9.72 Å². The van der Waals surface area contributed by atoms with E-state index in [0.29, 0.717) is 16.8 Å². The third-order valence-electron chi connectivity index (χ3n) is 5.82. The van der Waals surface area contributed by atoms with Crippen LogP contribution in [0.25, 0.3) is 22.0 Å². The van der Waals surface area contributed by atoms with Crippen molar-refractivity contribution in [1.29, 1.82) is 0 Å². The van der Waals surface area contributed by atoms with Gasteiger partial charge in [-0.15, -0.1) is 13.2 Å². The summed E-state index contributed by atoms with van der Waals surface area (Å²) in [5, 5.41) is 13.3. The second kappa shape index (κ2) is 8.39. The maximum absolute atomic E-state index is 13.3. The van der Waals surface area contributed by atoms with Gasteiger partial charge < -0.3 is 14.8 Å². The lowest BCUT2D eigenvalue weighted by Crippen LogP contribution is -2.32. The Morgan fingerprint density at radius 2 is 1.26 bits per heavy atom. The molecule has 0 aliphatic heterocycles. The minimum Gasteiger partial charge on any atom is -0.405 e. The Morgan fingerprint density at radius 3 is 1.97 bits per heavy atom. The number of aromatic amines is 1. The zero-order valence-electron chi connectivity index (χ0n) is 17.9. The van der Waals surface area contributed by atoms with Gasteiger partial charge in [-0.25, -0.2) is 0 Å². The Balaban J connectivity index is 1.88. The maximum atomic E-state index is 13.3. The van der Waals surface area contributed by atoms with Gasteiger partial charge >= 0.3 is 6.36 Å². The summed E-state index contributed by atoms with van der Waals surface area (Å²) in [6.07, 6.45) is -4.92. The molecule has 3 nitrogen and oxygen atoms in total. The quantitative estimate of drug-likeness (QED) is 0.297. The van der Waals surface area contributed by atoms with Gasteiger partial charge in [-0.1, -0.05) is 97.1 Å². The van der Waals surface area contributed by atoms with Crippen LogP contribution in [-0.2, 0) is 5.60 Å². The molecule has 0 saturated carbocycles. The average Bonchev–Trinajstić information content (AvgIpc) is 3.24. The lowest BCUT2D eigenvalue weighted by Gasteiger charge is -2.31. The molecular weight excluding hydrogens is 439 g/mol. The number of benzene rings is 4. The van der Waals surface area contributed by atoms with E-state index < -0.39 is 17.7 Å². The number of hydrogen-bond donors (Lipinski definition) is 2. The predicted octanol–water partition coefficient (Wildman–Crippen LogP) is 7.02. The van der Waals surface area contributed by atoms with E-state index in [4.69, 9.17) is 0 Å². The van der Waals surface area contributed by atoms with Crippen molar-refractivity contribution in [2.24, 2.45) is 0 Å². The monoisotopic (exact) mass is 459 g/mol. The fourth-order valence-electron chi connectivity index (χ4n) is 4.41. The number of para-hydroxylation sites is 2. The second-order valence-electron chi connectivity index (χ2n) is 7.91. The molecule has 6 heteroatoms. The van der Waals surface area contributed by atoms with Crippen LogP contribution in [0, 0.1) is 0 Å². The number of ether oxygens (including phenoxy) is 1. The van der Waals surface area contributed by atoms with E-state index in [1.165, 1.54) is 18.2 Å². The lowest BCUT2D eigenvalue weighted by molar-refractivity contribution is -0.275. The minimum absolute atomic E-state index is 0.0257. The van der Waals surface area contributed by atoms with Crippen LogP contribution in [0.1, 0.15) is 16.8 Å². The molecule has 1 atom stereocenters. The third kappa shape index (κ3) is 3.82. The molecule has 0 saturated heterocycles. The number of rotatable bonds is 5. The number of fused-ring (bicyclic) bond motifs is 1. The number of aromatic nitrogens is 1. The van der Waals surface area contributed by atoms with Gasteiger partial charge in [-0.2, -0.15) is 0 Å². The molecule has 1 heterocycles. The number of nitrogens with one attached hydrogen (secondary N) is 1. The molecule has 1 unspecified atom stereocenters. The van der Waals surface area contributed by atoms with Crippen LogP contribution in [-0.4, -0.2) is 16.5 Å². The van der Waals surface area contributed by atoms with E-state index in [-0.39, 0.29) is 5.56 Å². The smallest absolute Gasteiger partial charge is 0.405 e. The van der Waals surface area contributed by atoms with Crippen molar-refractivity contribution >= 4 is 10.9 Å². The van der Waals surface area contributed by atoms with Crippen LogP contribution < -0.4 is 4.74 Å². The van der Waals surface area contributed by atoms with Crippen LogP contribution in [0.2, 0.25) is 0 Å². The number of aliphatic hydroxyl groups is 1. The molecule has 0 aliphatic carbocycles. The highest BCUT2D eigenvalue weighted by Gasteiger charge is 2.42. The summed E-state index contributed by atoms with van der Waals surface area (Å²) in [5.74, 6) is -0.473. The first-order chi connectivity index (χ1) is 16.4. The molecule has 0 bridgehead atoms. The largest absolute Gasteiger partial charge is 0.573 e. The van der Waals surface area contributed by atoms with Crippen molar-refractivity contribution in [2.45, 2.75) is 12.0 Å². The van der Waals surface area contributed by atoms with Crippen molar-refractivity contribution in [3.05, 3.63) is 126 Å². The molecular formula is C28H20F3NO2. The topological polar surface area (TPSA) is 45.2 Å². The highest BCUT2D eigenvalue weighted by Crippen LogP contribution is 2.47. The molecule has 0 aliphatic rings. The molecule has 34 heavy (non-hydrogen) atoms. The van der Waals surface area contributed by atoms with Crippen molar-refractivity contribution in [1.82, 2.24) is 4.98 Å². The molecule has 1 aromatic heterocycles. The fourth-order valence-corrected chi connectivity index (χ4v) is 4.41. The molecule has 0 amide bonds. The summed E-state index contributed by atoms with van der Waals surface area (Å²) in [4.78, 5) is 3.30. The molecule has 0 fully saturated rings. The first kappa shape index (κ1) is 21.8. The van der Waals surface area contributed by atoms with Crippen LogP contribution in [0.3, 0.4) is 0 Å². The SMILES string of the molecule is OC(c1ccccc1)(c1ccccc1OC(F)(F)F)c1[nH]c2ccccc2c1-c1ccccc1.